The van der Waals surface area contributed by atoms with Gasteiger partial charge in [-0.1, -0.05) is 19.1 Å². The fraction of sp³-hybridized carbons (Fsp3) is 0.200. The van der Waals surface area contributed by atoms with Crippen molar-refractivity contribution in [3.8, 4) is 0 Å². The first-order valence-corrected chi connectivity index (χ1v) is 6.65. The van der Waals surface area contributed by atoms with Crippen LogP contribution < -0.4 is 5.32 Å². The summed E-state index contributed by atoms with van der Waals surface area (Å²) in [6, 6.07) is 11.1. The number of aromatic nitrogens is 1. The average molecular weight is 272 g/mol. The van der Waals surface area contributed by atoms with Crippen LogP contribution in [0.5, 0.6) is 0 Å². The zero-order valence-electron chi connectivity index (χ0n) is 10.8. The average Bonchev–Trinajstić information content (AvgIpc) is 2.45. The number of thiol groups is 1. The first-order valence-electron chi connectivity index (χ1n) is 6.20. The van der Waals surface area contributed by atoms with Crippen molar-refractivity contribution >= 4 is 18.5 Å². The van der Waals surface area contributed by atoms with Crippen LogP contribution in [0.3, 0.4) is 0 Å². The number of carbonyl (C=O) groups excluding carboxylic acids is 1. The van der Waals surface area contributed by atoms with Crippen molar-refractivity contribution in [2.75, 3.05) is 0 Å². The van der Waals surface area contributed by atoms with Gasteiger partial charge in [-0.25, -0.2) is 0 Å². The van der Waals surface area contributed by atoms with Gasteiger partial charge in [0.25, 0.3) is 5.91 Å². The Kier molecular flexibility index (Phi) is 4.58. The van der Waals surface area contributed by atoms with Crippen LogP contribution in [0.4, 0.5) is 0 Å². The molecule has 3 nitrogen and oxygen atoms in total. The molecular formula is C15H16N2OS. The third kappa shape index (κ3) is 3.58. The Bertz CT molecular complexity index is 584. The van der Waals surface area contributed by atoms with Gasteiger partial charge in [0.1, 0.15) is 0 Å². The van der Waals surface area contributed by atoms with Gasteiger partial charge in [0.05, 0.1) is 12.2 Å². The second-order valence-electron chi connectivity index (χ2n) is 4.20. The summed E-state index contributed by atoms with van der Waals surface area (Å²) >= 11 is 4.23. The molecule has 0 aliphatic rings. The van der Waals surface area contributed by atoms with E-state index >= 15 is 0 Å². The quantitative estimate of drug-likeness (QED) is 0.840. The smallest absolute Gasteiger partial charge is 0.251 e. The number of nitrogens with one attached hydrogen (secondary N) is 1. The number of carbonyl (C=O) groups is 1. The molecule has 1 amide bonds. The zero-order valence-corrected chi connectivity index (χ0v) is 11.7. The summed E-state index contributed by atoms with van der Waals surface area (Å²) in [5.41, 5.74) is 2.69. The van der Waals surface area contributed by atoms with Gasteiger partial charge in [-0.05, 0) is 36.2 Å². The molecule has 1 N–H and O–H groups in total. The van der Waals surface area contributed by atoms with Crippen molar-refractivity contribution in [3.63, 3.8) is 0 Å². The number of hydrogen-bond acceptors (Lipinski definition) is 3. The molecule has 0 fully saturated rings. The predicted octanol–water partition coefficient (Wildman–Crippen LogP) is 2.86. The van der Waals surface area contributed by atoms with Crippen molar-refractivity contribution < 1.29 is 4.79 Å². The summed E-state index contributed by atoms with van der Waals surface area (Å²) < 4.78 is 0. The highest BCUT2D eigenvalue weighted by Crippen LogP contribution is 2.10. The van der Waals surface area contributed by atoms with Gasteiger partial charge < -0.3 is 5.32 Å². The van der Waals surface area contributed by atoms with Gasteiger partial charge in [-0.3, -0.25) is 9.78 Å². The molecule has 0 spiro atoms. The molecule has 2 rings (SSSR count). The van der Waals surface area contributed by atoms with Crippen LogP contribution in [0.25, 0.3) is 0 Å². The third-order valence-corrected chi connectivity index (χ3v) is 3.17. The fourth-order valence-corrected chi connectivity index (χ4v) is 2.09. The van der Waals surface area contributed by atoms with E-state index in [0.29, 0.717) is 12.1 Å². The second kappa shape index (κ2) is 6.38. The number of aryl methyl sites for hydroxylation is 1. The normalized spacial score (nSPS) is 10.2. The largest absolute Gasteiger partial charge is 0.346 e. The Morgan fingerprint density at radius 1 is 1.32 bits per heavy atom. The first-order chi connectivity index (χ1) is 9.20. The number of rotatable bonds is 4. The highest BCUT2D eigenvalue weighted by molar-refractivity contribution is 7.80. The molecule has 98 valence electrons. The molecule has 1 aromatic heterocycles. The molecule has 0 saturated carbocycles. The number of amides is 1. The summed E-state index contributed by atoms with van der Waals surface area (Å²) in [7, 11) is 0. The predicted molar refractivity (Wildman–Crippen MR) is 78.5 cm³/mol. The maximum absolute atomic E-state index is 12.0. The lowest BCUT2D eigenvalue weighted by molar-refractivity contribution is 0.0950. The first kappa shape index (κ1) is 13.6. The standard InChI is InChI=1S/C15H16N2OS/c1-2-11-6-4-8-16-14(11)10-17-15(18)12-5-3-7-13(19)9-12/h3-9,19H,2,10H2,1H3,(H,17,18). The summed E-state index contributed by atoms with van der Waals surface area (Å²) in [5, 5.41) is 2.88. The molecule has 1 aromatic carbocycles. The number of pyridine rings is 1. The van der Waals surface area contributed by atoms with Crippen LogP contribution in [0.2, 0.25) is 0 Å². The number of nitrogens with zero attached hydrogens (tertiary/aromatic N) is 1. The molecule has 0 bridgehead atoms. The molecule has 0 atom stereocenters. The van der Waals surface area contributed by atoms with E-state index in [9.17, 15) is 4.79 Å². The molecule has 4 heteroatoms. The summed E-state index contributed by atoms with van der Waals surface area (Å²) in [4.78, 5) is 17.1. The van der Waals surface area contributed by atoms with Gasteiger partial charge in [-0.2, -0.15) is 0 Å². The van der Waals surface area contributed by atoms with E-state index in [1.54, 1.807) is 18.3 Å². The minimum Gasteiger partial charge on any atom is -0.346 e. The van der Waals surface area contributed by atoms with Crippen molar-refractivity contribution in [2.45, 2.75) is 24.8 Å². The van der Waals surface area contributed by atoms with E-state index in [0.717, 1.165) is 22.6 Å². The van der Waals surface area contributed by atoms with Gasteiger partial charge in [-0.15, -0.1) is 12.6 Å². The van der Waals surface area contributed by atoms with Crippen LogP contribution in [0, 0.1) is 0 Å². The zero-order chi connectivity index (χ0) is 13.7. The highest BCUT2D eigenvalue weighted by atomic mass is 32.1. The van der Waals surface area contributed by atoms with E-state index in [2.05, 4.69) is 29.9 Å². The molecule has 0 aliphatic heterocycles. The van der Waals surface area contributed by atoms with Gasteiger partial charge in [0.2, 0.25) is 0 Å². The minimum atomic E-state index is -0.108. The second-order valence-corrected chi connectivity index (χ2v) is 4.71. The molecule has 0 aliphatic carbocycles. The molecule has 19 heavy (non-hydrogen) atoms. The molecule has 0 saturated heterocycles. The van der Waals surface area contributed by atoms with Crippen LogP contribution >= 0.6 is 12.6 Å². The topological polar surface area (TPSA) is 42.0 Å². The Labute approximate surface area is 118 Å². The maximum Gasteiger partial charge on any atom is 0.251 e. The lowest BCUT2D eigenvalue weighted by atomic mass is 10.1. The number of benzene rings is 1. The Hall–Kier alpha value is -1.81. The van der Waals surface area contributed by atoms with Crippen molar-refractivity contribution in [1.29, 1.82) is 0 Å². The van der Waals surface area contributed by atoms with Crippen LogP contribution in [-0.4, -0.2) is 10.9 Å². The SMILES string of the molecule is CCc1cccnc1CNC(=O)c1cccc(S)c1. The van der Waals surface area contributed by atoms with Crippen molar-refractivity contribution in [2.24, 2.45) is 0 Å². The van der Waals surface area contributed by atoms with E-state index in [-0.39, 0.29) is 5.91 Å². The number of hydrogen-bond donors (Lipinski definition) is 2. The summed E-state index contributed by atoms with van der Waals surface area (Å²) in [6.07, 6.45) is 2.65. The van der Waals surface area contributed by atoms with E-state index < -0.39 is 0 Å². The van der Waals surface area contributed by atoms with E-state index in [1.807, 2.05) is 24.3 Å². The Balaban J connectivity index is 2.04. The maximum atomic E-state index is 12.0. The van der Waals surface area contributed by atoms with Crippen LogP contribution in [0.15, 0.2) is 47.5 Å². The Morgan fingerprint density at radius 2 is 2.16 bits per heavy atom. The fourth-order valence-electron chi connectivity index (χ4n) is 1.87. The monoisotopic (exact) mass is 272 g/mol. The lowest BCUT2D eigenvalue weighted by Crippen LogP contribution is -2.24. The molecule has 0 radical (unpaired) electrons. The van der Waals surface area contributed by atoms with Crippen LogP contribution in [0.1, 0.15) is 28.5 Å². The van der Waals surface area contributed by atoms with Crippen LogP contribution in [-0.2, 0) is 13.0 Å². The van der Waals surface area contributed by atoms with Gasteiger partial charge >= 0.3 is 0 Å². The van der Waals surface area contributed by atoms with Crippen molar-refractivity contribution in [3.05, 3.63) is 59.4 Å². The minimum absolute atomic E-state index is 0.108. The molecule has 0 unspecified atom stereocenters. The molecular weight excluding hydrogens is 256 g/mol. The van der Waals surface area contributed by atoms with Crippen molar-refractivity contribution in [1.82, 2.24) is 10.3 Å². The Morgan fingerprint density at radius 3 is 2.89 bits per heavy atom. The van der Waals surface area contributed by atoms with Gasteiger partial charge in [0, 0.05) is 16.7 Å². The molecule has 2 aromatic rings. The van der Waals surface area contributed by atoms with E-state index in [1.165, 1.54) is 0 Å². The lowest BCUT2D eigenvalue weighted by Gasteiger charge is -2.08. The molecule has 1 heterocycles. The summed E-state index contributed by atoms with van der Waals surface area (Å²) in [5.74, 6) is -0.108. The third-order valence-electron chi connectivity index (χ3n) is 2.89. The highest BCUT2D eigenvalue weighted by Gasteiger charge is 2.07. The van der Waals surface area contributed by atoms with E-state index in [4.69, 9.17) is 0 Å². The summed E-state index contributed by atoms with van der Waals surface area (Å²) in [6.45, 7) is 2.52. The van der Waals surface area contributed by atoms with Gasteiger partial charge in [0.15, 0.2) is 0 Å².